The molecule has 122 valence electrons. The normalized spacial score (nSPS) is 21.6. The summed E-state index contributed by atoms with van der Waals surface area (Å²) in [6, 6.07) is 19.5. The SMILES string of the molecule is CC1=C2N(C=CC2(C)C)C(c2ccccc2)N1c1ccccc1C. The molecule has 0 radical (unpaired) electrons. The second-order valence-corrected chi connectivity index (χ2v) is 7.32. The topological polar surface area (TPSA) is 6.48 Å². The van der Waals surface area contributed by atoms with Gasteiger partial charge in [-0.2, -0.15) is 0 Å². The molecular weight excluding hydrogens is 292 g/mol. The van der Waals surface area contributed by atoms with Crippen LogP contribution < -0.4 is 4.90 Å². The standard InChI is InChI=1S/C22H24N2/c1-16-10-8-9-13-19(16)24-17(2)20-22(3,4)14-15-23(20)21(24)18-11-6-5-7-12-18/h5-15,21H,1-4H3. The third-order valence-corrected chi connectivity index (χ3v) is 5.21. The van der Waals surface area contributed by atoms with E-state index in [2.05, 4.69) is 104 Å². The Morgan fingerprint density at radius 1 is 0.875 bits per heavy atom. The number of rotatable bonds is 2. The number of hydrogen-bond donors (Lipinski definition) is 0. The molecule has 4 rings (SSSR count). The highest BCUT2D eigenvalue weighted by molar-refractivity contribution is 5.63. The average molecular weight is 316 g/mol. The fourth-order valence-corrected chi connectivity index (χ4v) is 4.11. The molecule has 0 saturated heterocycles. The van der Waals surface area contributed by atoms with Crippen LogP contribution in [0.2, 0.25) is 0 Å². The molecule has 2 aliphatic heterocycles. The average Bonchev–Trinajstić information content (AvgIpc) is 3.04. The smallest absolute Gasteiger partial charge is 0.136 e. The minimum absolute atomic E-state index is 0.0640. The monoisotopic (exact) mass is 316 g/mol. The van der Waals surface area contributed by atoms with Gasteiger partial charge >= 0.3 is 0 Å². The molecule has 0 fully saturated rings. The molecule has 2 aliphatic rings. The number of aryl methyl sites for hydroxylation is 1. The Morgan fingerprint density at radius 3 is 2.25 bits per heavy atom. The minimum atomic E-state index is 0.0640. The van der Waals surface area contributed by atoms with Gasteiger partial charge < -0.3 is 9.80 Å². The summed E-state index contributed by atoms with van der Waals surface area (Å²) in [6.45, 7) is 9.05. The van der Waals surface area contributed by atoms with Gasteiger partial charge in [0.1, 0.15) is 6.17 Å². The zero-order valence-corrected chi connectivity index (χ0v) is 14.8. The first kappa shape index (κ1) is 15.1. The van der Waals surface area contributed by atoms with Crippen LogP contribution in [0.5, 0.6) is 0 Å². The molecule has 2 nitrogen and oxygen atoms in total. The molecule has 2 aromatic carbocycles. The van der Waals surface area contributed by atoms with Crippen molar-refractivity contribution in [3.05, 3.63) is 89.4 Å². The van der Waals surface area contributed by atoms with Crippen molar-refractivity contribution in [2.24, 2.45) is 5.41 Å². The largest absolute Gasteiger partial charge is 0.324 e. The van der Waals surface area contributed by atoms with Gasteiger partial charge in [0.2, 0.25) is 0 Å². The van der Waals surface area contributed by atoms with Crippen LogP contribution in [0.3, 0.4) is 0 Å². The highest BCUT2D eigenvalue weighted by atomic mass is 15.4. The number of allylic oxidation sites excluding steroid dienone is 2. The zero-order valence-electron chi connectivity index (χ0n) is 14.8. The van der Waals surface area contributed by atoms with E-state index < -0.39 is 0 Å². The van der Waals surface area contributed by atoms with Gasteiger partial charge in [-0.25, -0.2) is 0 Å². The summed E-state index contributed by atoms with van der Waals surface area (Å²) in [4.78, 5) is 4.93. The lowest BCUT2D eigenvalue weighted by atomic mass is 9.90. The number of nitrogens with zero attached hydrogens (tertiary/aromatic N) is 2. The number of benzene rings is 2. The van der Waals surface area contributed by atoms with Gasteiger partial charge in [-0.05, 0) is 31.0 Å². The maximum absolute atomic E-state index is 2.49. The van der Waals surface area contributed by atoms with Gasteiger partial charge in [-0.15, -0.1) is 0 Å². The molecule has 1 unspecified atom stereocenters. The number of fused-ring (bicyclic) bond motifs is 1. The fourth-order valence-electron chi connectivity index (χ4n) is 4.11. The Bertz CT molecular complexity index is 830. The van der Waals surface area contributed by atoms with E-state index in [9.17, 15) is 0 Å². The quantitative estimate of drug-likeness (QED) is 0.711. The minimum Gasteiger partial charge on any atom is -0.324 e. The second-order valence-electron chi connectivity index (χ2n) is 7.32. The number of para-hydroxylation sites is 1. The van der Waals surface area contributed by atoms with Crippen LogP contribution >= 0.6 is 0 Å². The van der Waals surface area contributed by atoms with Crippen LogP contribution in [0.1, 0.15) is 38.1 Å². The predicted molar refractivity (Wildman–Crippen MR) is 100 cm³/mol. The van der Waals surface area contributed by atoms with Gasteiger partial charge in [0.05, 0.1) is 0 Å². The third kappa shape index (κ3) is 2.10. The van der Waals surface area contributed by atoms with E-state index in [4.69, 9.17) is 0 Å². The molecular formula is C22H24N2. The van der Waals surface area contributed by atoms with E-state index in [-0.39, 0.29) is 11.6 Å². The Morgan fingerprint density at radius 2 is 1.54 bits per heavy atom. The summed E-state index contributed by atoms with van der Waals surface area (Å²) in [5.74, 6) is 0. The molecule has 1 atom stereocenters. The molecule has 24 heavy (non-hydrogen) atoms. The summed E-state index contributed by atoms with van der Waals surface area (Å²) < 4.78 is 0. The van der Waals surface area contributed by atoms with Crippen LogP contribution in [-0.2, 0) is 0 Å². The van der Waals surface area contributed by atoms with Crippen molar-refractivity contribution in [1.29, 1.82) is 0 Å². The first-order chi connectivity index (χ1) is 11.5. The first-order valence-electron chi connectivity index (χ1n) is 8.59. The van der Waals surface area contributed by atoms with Crippen LogP contribution in [-0.4, -0.2) is 4.90 Å². The lowest BCUT2D eigenvalue weighted by Gasteiger charge is -2.33. The molecule has 0 amide bonds. The van der Waals surface area contributed by atoms with Crippen molar-refractivity contribution in [1.82, 2.24) is 4.90 Å². The van der Waals surface area contributed by atoms with Crippen LogP contribution in [0.25, 0.3) is 0 Å². The highest BCUT2D eigenvalue weighted by Crippen LogP contribution is 2.52. The molecule has 0 spiro atoms. The lowest BCUT2D eigenvalue weighted by Crippen LogP contribution is -2.30. The Kier molecular flexibility index (Phi) is 3.31. The summed E-state index contributed by atoms with van der Waals surface area (Å²) in [6.07, 6.45) is 4.76. The fraction of sp³-hybridized carbons (Fsp3) is 0.273. The maximum atomic E-state index is 2.49. The van der Waals surface area contributed by atoms with Crippen molar-refractivity contribution in [2.45, 2.75) is 33.9 Å². The number of anilines is 1. The van der Waals surface area contributed by atoms with Crippen molar-refractivity contribution in [3.63, 3.8) is 0 Å². The number of hydrogen-bond acceptors (Lipinski definition) is 2. The van der Waals surface area contributed by atoms with E-state index in [0.717, 1.165) is 0 Å². The summed E-state index contributed by atoms with van der Waals surface area (Å²) in [5.41, 5.74) is 6.72. The van der Waals surface area contributed by atoms with Crippen LogP contribution in [0.15, 0.2) is 78.3 Å². The highest BCUT2D eigenvalue weighted by Gasteiger charge is 2.45. The molecule has 2 heteroatoms. The molecule has 0 bridgehead atoms. The molecule has 2 aromatic rings. The van der Waals surface area contributed by atoms with Gasteiger partial charge in [0.25, 0.3) is 0 Å². The van der Waals surface area contributed by atoms with Gasteiger partial charge in [0, 0.05) is 28.7 Å². The van der Waals surface area contributed by atoms with Crippen LogP contribution in [0.4, 0.5) is 5.69 Å². The van der Waals surface area contributed by atoms with Gasteiger partial charge in [-0.1, -0.05) is 68.5 Å². The van der Waals surface area contributed by atoms with Crippen molar-refractivity contribution < 1.29 is 0 Å². The summed E-state index contributed by atoms with van der Waals surface area (Å²) in [5, 5.41) is 0. The van der Waals surface area contributed by atoms with Crippen LogP contribution in [0, 0.1) is 12.3 Å². The molecule has 0 saturated carbocycles. The van der Waals surface area contributed by atoms with Gasteiger partial charge in [0.15, 0.2) is 0 Å². The summed E-state index contributed by atoms with van der Waals surface area (Å²) in [7, 11) is 0. The van der Waals surface area contributed by atoms with E-state index >= 15 is 0 Å². The van der Waals surface area contributed by atoms with Crippen molar-refractivity contribution >= 4 is 5.69 Å². The third-order valence-electron chi connectivity index (χ3n) is 5.21. The summed E-state index contributed by atoms with van der Waals surface area (Å²) >= 11 is 0. The molecule has 0 aliphatic carbocycles. The maximum Gasteiger partial charge on any atom is 0.136 e. The lowest BCUT2D eigenvalue weighted by molar-refractivity contribution is 0.354. The molecule has 0 N–H and O–H groups in total. The van der Waals surface area contributed by atoms with Crippen molar-refractivity contribution in [3.8, 4) is 0 Å². The first-order valence-corrected chi connectivity index (χ1v) is 8.59. The Hall–Kier alpha value is -2.48. The van der Waals surface area contributed by atoms with E-state index in [0.29, 0.717) is 0 Å². The van der Waals surface area contributed by atoms with E-state index in [1.165, 1.54) is 28.2 Å². The second kappa shape index (κ2) is 5.27. The molecule has 2 heterocycles. The zero-order chi connectivity index (χ0) is 16.9. The Balaban J connectivity index is 1.92. The van der Waals surface area contributed by atoms with E-state index in [1.807, 2.05) is 0 Å². The van der Waals surface area contributed by atoms with Gasteiger partial charge in [-0.3, -0.25) is 0 Å². The Labute approximate surface area is 144 Å². The predicted octanol–water partition coefficient (Wildman–Crippen LogP) is 5.60. The van der Waals surface area contributed by atoms with Crippen molar-refractivity contribution in [2.75, 3.05) is 4.90 Å². The van der Waals surface area contributed by atoms with E-state index in [1.54, 1.807) is 0 Å². The molecule has 0 aromatic heterocycles.